The molecule has 2 unspecified atom stereocenters. The van der Waals surface area contributed by atoms with Crippen LogP contribution in [0.5, 0.6) is 5.75 Å². The summed E-state index contributed by atoms with van der Waals surface area (Å²) in [7, 11) is 1.62. The minimum Gasteiger partial charge on any atom is -0.497 e. The maximum absolute atomic E-state index is 13.4. The molecule has 2 aliphatic heterocycles. The molecule has 1 N–H and O–H groups in total. The van der Waals surface area contributed by atoms with E-state index in [9.17, 15) is 4.79 Å². The fraction of sp³-hybridized carbons (Fsp3) is 0.292. The molecule has 0 radical (unpaired) electrons. The van der Waals surface area contributed by atoms with Gasteiger partial charge < -0.3 is 19.9 Å². The lowest BCUT2D eigenvalue weighted by Crippen LogP contribution is -2.61. The molecule has 158 valence electrons. The van der Waals surface area contributed by atoms with E-state index < -0.39 is 0 Å². The number of amides is 1. The Kier molecular flexibility index (Phi) is 5.16. The molecule has 7 heteroatoms. The van der Waals surface area contributed by atoms with Crippen LogP contribution < -0.4 is 19.9 Å². The van der Waals surface area contributed by atoms with E-state index in [2.05, 4.69) is 43.3 Å². The highest BCUT2D eigenvalue weighted by atomic mass is 16.5. The normalized spacial score (nSPS) is 19.9. The first-order valence-corrected chi connectivity index (χ1v) is 10.5. The van der Waals surface area contributed by atoms with Crippen molar-refractivity contribution < 1.29 is 9.53 Å². The first-order chi connectivity index (χ1) is 15.2. The predicted molar refractivity (Wildman–Crippen MR) is 121 cm³/mol. The summed E-state index contributed by atoms with van der Waals surface area (Å²) >= 11 is 0. The molecule has 1 aromatic heterocycles. The zero-order valence-electron chi connectivity index (χ0n) is 17.4. The van der Waals surface area contributed by atoms with Gasteiger partial charge in [0.15, 0.2) is 0 Å². The van der Waals surface area contributed by atoms with Crippen LogP contribution in [0.15, 0.2) is 67.0 Å². The highest BCUT2D eigenvalue weighted by molar-refractivity contribution is 5.94. The molecule has 0 bridgehead atoms. The lowest BCUT2D eigenvalue weighted by atomic mass is 9.83. The van der Waals surface area contributed by atoms with E-state index in [4.69, 9.17) is 4.74 Å². The number of hydrogen-bond acceptors (Lipinski definition) is 6. The molecule has 31 heavy (non-hydrogen) atoms. The molecule has 1 saturated heterocycles. The Morgan fingerprint density at radius 3 is 2.74 bits per heavy atom. The Labute approximate surface area is 181 Å². The molecular formula is C24H25N5O2. The molecule has 3 aromatic rings. The zero-order valence-corrected chi connectivity index (χ0v) is 17.4. The Bertz CT molecular complexity index is 1070. The summed E-state index contributed by atoms with van der Waals surface area (Å²) in [4.78, 5) is 26.9. The summed E-state index contributed by atoms with van der Waals surface area (Å²) in [5.41, 5.74) is 3.19. The van der Waals surface area contributed by atoms with Gasteiger partial charge in [-0.15, -0.1) is 0 Å². The topological polar surface area (TPSA) is 70.6 Å². The molecule has 0 spiro atoms. The van der Waals surface area contributed by atoms with E-state index in [-0.39, 0.29) is 17.9 Å². The minimum atomic E-state index is -0.187. The van der Waals surface area contributed by atoms with Crippen molar-refractivity contribution in [2.45, 2.75) is 12.5 Å². The molecular weight excluding hydrogens is 390 g/mol. The van der Waals surface area contributed by atoms with Crippen molar-refractivity contribution in [3.63, 3.8) is 0 Å². The Morgan fingerprint density at radius 2 is 1.90 bits per heavy atom. The van der Waals surface area contributed by atoms with Crippen molar-refractivity contribution in [1.82, 2.24) is 9.97 Å². The van der Waals surface area contributed by atoms with Gasteiger partial charge in [-0.3, -0.25) is 4.79 Å². The average molecular weight is 415 g/mol. The van der Waals surface area contributed by atoms with E-state index in [0.717, 1.165) is 24.5 Å². The SMILES string of the molecule is COc1cccc(NC(=O)C2Cc3ccccc3N3CCN(c4ncccn4)CC23)c1. The number of hydrogen-bond donors (Lipinski definition) is 1. The van der Waals surface area contributed by atoms with Crippen LogP contribution in [-0.4, -0.2) is 48.7 Å². The van der Waals surface area contributed by atoms with Gasteiger partial charge in [-0.1, -0.05) is 24.3 Å². The third-order valence-corrected chi connectivity index (χ3v) is 6.13. The number of carbonyl (C=O) groups excluding carboxylic acids is 1. The number of methoxy groups -OCH3 is 1. The van der Waals surface area contributed by atoms with Gasteiger partial charge in [0.25, 0.3) is 0 Å². The number of aromatic nitrogens is 2. The fourth-order valence-corrected chi connectivity index (χ4v) is 4.63. The Morgan fingerprint density at radius 1 is 1.06 bits per heavy atom. The zero-order chi connectivity index (χ0) is 21.2. The van der Waals surface area contributed by atoms with Crippen LogP contribution in [0, 0.1) is 5.92 Å². The van der Waals surface area contributed by atoms with Crippen LogP contribution in [0.4, 0.5) is 17.3 Å². The monoisotopic (exact) mass is 415 g/mol. The summed E-state index contributed by atoms with van der Waals surface area (Å²) in [6.07, 6.45) is 4.23. The van der Waals surface area contributed by atoms with Crippen LogP contribution in [0.25, 0.3) is 0 Å². The molecule has 2 atom stereocenters. The van der Waals surface area contributed by atoms with Crippen LogP contribution in [0.2, 0.25) is 0 Å². The minimum absolute atomic E-state index is 0.0218. The summed E-state index contributed by atoms with van der Waals surface area (Å²) in [6, 6.07) is 17.7. The molecule has 1 fully saturated rings. The summed E-state index contributed by atoms with van der Waals surface area (Å²) in [6.45, 7) is 2.34. The van der Waals surface area contributed by atoms with Gasteiger partial charge >= 0.3 is 0 Å². The van der Waals surface area contributed by atoms with E-state index in [1.165, 1.54) is 11.3 Å². The Hall–Kier alpha value is -3.61. The standard InChI is InChI=1S/C24H25N5O2/c1-31-19-8-4-7-18(15-19)27-23(30)20-14-17-6-2-3-9-21(17)29-13-12-28(16-22(20)29)24-25-10-5-11-26-24/h2-11,15,20,22H,12-14,16H2,1H3,(H,27,30). The van der Waals surface area contributed by atoms with Crippen LogP contribution in [-0.2, 0) is 11.2 Å². The second kappa shape index (κ2) is 8.26. The number of piperazine rings is 1. The van der Waals surface area contributed by atoms with Gasteiger partial charge in [-0.05, 0) is 36.2 Å². The number of nitrogens with zero attached hydrogens (tertiary/aromatic N) is 4. The number of nitrogens with one attached hydrogen (secondary N) is 1. The van der Waals surface area contributed by atoms with E-state index in [0.29, 0.717) is 18.9 Å². The summed E-state index contributed by atoms with van der Waals surface area (Å²) in [5, 5.41) is 3.11. The van der Waals surface area contributed by atoms with Gasteiger partial charge in [0.05, 0.1) is 19.1 Å². The van der Waals surface area contributed by atoms with Crippen molar-refractivity contribution in [1.29, 1.82) is 0 Å². The fourth-order valence-electron chi connectivity index (χ4n) is 4.63. The van der Waals surface area contributed by atoms with Crippen molar-refractivity contribution in [2.75, 3.05) is 41.9 Å². The highest BCUT2D eigenvalue weighted by Gasteiger charge is 2.41. The van der Waals surface area contributed by atoms with E-state index in [1.807, 2.05) is 36.4 Å². The first kappa shape index (κ1) is 19.4. The van der Waals surface area contributed by atoms with Gasteiger partial charge in [-0.25, -0.2) is 9.97 Å². The van der Waals surface area contributed by atoms with Crippen molar-refractivity contribution in [3.05, 3.63) is 72.6 Å². The van der Waals surface area contributed by atoms with Crippen LogP contribution in [0.3, 0.4) is 0 Å². The van der Waals surface area contributed by atoms with Crippen LogP contribution >= 0.6 is 0 Å². The molecule has 0 aliphatic carbocycles. The number of anilines is 3. The number of benzene rings is 2. The highest BCUT2D eigenvalue weighted by Crippen LogP contribution is 2.37. The van der Waals surface area contributed by atoms with E-state index in [1.54, 1.807) is 19.5 Å². The molecule has 2 aromatic carbocycles. The molecule has 0 saturated carbocycles. The second-order valence-electron chi connectivity index (χ2n) is 7.92. The van der Waals surface area contributed by atoms with Crippen molar-refractivity contribution in [3.8, 4) is 5.75 Å². The smallest absolute Gasteiger partial charge is 0.229 e. The third-order valence-electron chi connectivity index (χ3n) is 6.13. The average Bonchev–Trinajstić information content (AvgIpc) is 2.83. The second-order valence-corrected chi connectivity index (χ2v) is 7.92. The number of fused-ring (bicyclic) bond motifs is 3. The summed E-state index contributed by atoms with van der Waals surface area (Å²) in [5.74, 6) is 1.27. The lowest BCUT2D eigenvalue weighted by molar-refractivity contribution is -0.120. The maximum atomic E-state index is 13.4. The number of ether oxygens (including phenoxy) is 1. The lowest BCUT2D eigenvalue weighted by Gasteiger charge is -2.49. The maximum Gasteiger partial charge on any atom is 0.229 e. The third kappa shape index (κ3) is 3.79. The largest absolute Gasteiger partial charge is 0.497 e. The summed E-state index contributed by atoms with van der Waals surface area (Å²) < 4.78 is 5.30. The van der Waals surface area contributed by atoms with Crippen LogP contribution in [0.1, 0.15) is 5.56 Å². The molecule has 3 heterocycles. The van der Waals surface area contributed by atoms with Crippen molar-refractivity contribution >= 4 is 23.2 Å². The number of carbonyl (C=O) groups is 1. The molecule has 7 nitrogen and oxygen atoms in total. The molecule has 2 aliphatic rings. The van der Waals surface area contributed by atoms with Gasteiger partial charge in [0, 0.05) is 49.5 Å². The van der Waals surface area contributed by atoms with Crippen molar-refractivity contribution in [2.24, 2.45) is 5.92 Å². The van der Waals surface area contributed by atoms with Gasteiger partial charge in [0.1, 0.15) is 5.75 Å². The Balaban J connectivity index is 1.44. The molecule has 1 amide bonds. The first-order valence-electron chi connectivity index (χ1n) is 10.5. The number of rotatable bonds is 4. The molecule has 5 rings (SSSR count). The predicted octanol–water partition coefficient (Wildman–Crippen LogP) is 2.99. The van der Waals surface area contributed by atoms with Gasteiger partial charge in [-0.2, -0.15) is 0 Å². The quantitative estimate of drug-likeness (QED) is 0.707. The van der Waals surface area contributed by atoms with E-state index >= 15 is 0 Å². The number of para-hydroxylation sites is 1. The van der Waals surface area contributed by atoms with Gasteiger partial charge in [0.2, 0.25) is 11.9 Å².